The Morgan fingerprint density at radius 1 is 1.45 bits per heavy atom. The molecule has 0 bridgehead atoms. The molecule has 0 aromatic heterocycles. The zero-order chi connectivity index (χ0) is 14.7. The molecule has 1 aliphatic rings. The lowest BCUT2D eigenvalue weighted by Gasteiger charge is -2.12. The first-order valence-corrected chi connectivity index (χ1v) is 6.28. The highest BCUT2D eigenvalue weighted by atomic mass is 35.5. The van der Waals surface area contributed by atoms with Crippen LogP contribution in [-0.2, 0) is 9.59 Å². The molecular formula is C12H13ClN4O3. The molecule has 1 aliphatic heterocycles. The maximum absolute atomic E-state index is 11.8. The summed E-state index contributed by atoms with van der Waals surface area (Å²) >= 11 is 5.81. The highest BCUT2D eigenvalue weighted by Gasteiger charge is 2.28. The van der Waals surface area contributed by atoms with Gasteiger partial charge in [0.1, 0.15) is 0 Å². The van der Waals surface area contributed by atoms with Gasteiger partial charge in [0.15, 0.2) is 0 Å². The number of halogens is 1. The second-order valence-corrected chi connectivity index (χ2v) is 4.67. The summed E-state index contributed by atoms with van der Waals surface area (Å²) in [5.41, 5.74) is 6.49. The molecule has 1 heterocycles. The summed E-state index contributed by atoms with van der Waals surface area (Å²) in [6.45, 7) is -0.00133. The number of carbonyl (C=O) groups is 3. The Morgan fingerprint density at radius 3 is 2.85 bits per heavy atom. The van der Waals surface area contributed by atoms with Crippen LogP contribution in [0.2, 0.25) is 5.02 Å². The number of hydrogen-bond donors (Lipinski definition) is 3. The maximum Gasteiger partial charge on any atom is 0.324 e. The van der Waals surface area contributed by atoms with Gasteiger partial charge < -0.3 is 16.4 Å². The van der Waals surface area contributed by atoms with Gasteiger partial charge in [-0.3, -0.25) is 14.5 Å². The van der Waals surface area contributed by atoms with E-state index in [1.54, 1.807) is 12.1 Å². The Hall–Kier alpha value is -2.28. The Labute approximate surface area is 120 Å². The number of amides is 4. The molecule has 1 aromatic carbocycles. The molecular weight excluding hydrogens is 284 g/mol. The van der Waals surface area contributed by atoms with Gasteiger partial charge in [0.25, 0.3) is 0 Å². The fourth-order valence-corrected chi connectivity index (χ4v) is 1.92. The van der Waals surface area contributed by atoms with Crippen LogP contribution >= 0.6 is 11.6 Å². The number of benzene rings is 1. The molecule has 1 saturated heterocycles. The fraction of sp³-hybridized carbons (Fsp3) is 0.250. The minimum absolute atomic E-state index is 0.00882. The van der Waals surface area contributed by atoms with E-state index >= 15 is 0 Å². The minimum atomic E-state index is -0.481. The van der Waals surface area contributed by atoms with E-state index < -0.39 is 6.03 Å². The Balaban J connectivity index is 1.91. The van der Waals surface area contributed by atoms with Crippen LogP contribution in [0.15, 0.2) is 18.2 Å². The molecule has 4 N–H and O–H groups in total. The van der Waals surface area contributed by atoms with Gasteiger partial charge in [-0.2, -0.15) is 0 Å². The maximum atomic E-state index is 11.8. The number of nitrogen functional groups attached to an aromatic ring is 1. The van der Waals surface area contributed by atoms with Crippen molar-refractivity contribution < 1.29 is 14.4 Å². The van der Waals surface area contributed by atoms with Crippen LogP contribution < -0.4 is 16.4 Å². The summed E-state index contributed by atoms with van der Waals surface area (Å²) in [7, 11) is 0. The molecule has 106 valence electrons. The van der Waals surface area contributed by atoms with E-state index in [1.807, 2.05) is 0 Å². The summed E-state index contributed by atoms with van der Waals surface area (Å²) in [5, 5.41) is 5.41. The molecule has 20 heavy (non-hydrogen) atoms. The number of rotatable bonds is 4. The molecule has 0 aliphatic carbocycles. The van der Waals surface area contributed by atoms with Crippen molar-refractivity contribution in [3.63, 3.8) is 0 Å². The molecule has 0 unspecified atom stereocenters. The molecule has 0 atom stereocenters. The molecule has 7 nitrogen and oxygen atoms in total. The van der Waals surface area contributed by atoms with E-state index in [9.17, 15) is 14.4 Å². The van der Waals surface area contributed by atoms with E-state index in [2.05, 4.69) is 10.6 Å². The average molecular weight is 297 g/mol. The minimum Gasteiger partial charge on any atom is -0.397 e. The monoisotopic (exact) mass is 296 g/mol. The number of nitrogens with two attached hydrogens (primary N) is 1. The first kappa shape index (κ1) is 14.1. The van der Waals surface area contributed by atoms with Crippen molar-refractivity contribution in [1.82, 2.24) is 10.2 Å². The summed E-state index contributed by atoms with van der Waals surface area (Å²) in [6.07, 6.45) is -0.00882. The van der Waals surface area contributed by atoms with E-state index in [1.165, 1.54) is 6.07 Å². The molecule has 0 spiro atoms. The van der Waals surface area contributed by atoms with Gasteiger partial charge in [0.05, 0.1) is 17.9 Å². The van der Waals surface area contributed by atoms with Crippen molar-refractivity contribution in [2.24, 2.45) is 0 Å². The number of imide groups is 1. The third-order valence-corrected chi connectivity index (χ3v) is 3.02. The lowest BCUT2D eigenvalue weighted by Crippen LogP contribution is -2.33. The van der Waals surface area contributed by atoms with E-state index in [0.717, 1.165) is 4.90 Å². The SMILES string of the molecule is Nc1ccc(Cl)cc1NC(=O)CCN1C(=O)CNC1=O. The van der Waals surface area contributed by atoms with Crippen molar-refractivity contribution in [3.05, 3.63) is 23.2 Å². The van der Waals surface area contributed by atoms with Gasteiger partial charge in [0.2, 0.25) is 11.8 Å². The second-order valence-electron chi connectivity index (χ2n) is 4.23. The Kier molecular flexibility index (Phi) is 4.09. The third-order valence-electron chi connectivity index (χ3n) is 2.79. The second kappa shape index (κ2) is 5.79. The van der Waals surface area contributed by atoms with Gasteiger partial charge in [0, 0.05) is 18.0 Å². The first-order valence-electron chi connectivity index (χ1n) is 5.90. The first-order chi connectivity index (χ1) is 9.47. The lowest BCUT2D eigenvalue weighted by molar-refractivity contribution is -0.125. The van der Waals surface area contributed by atoms with Crippen LogP contribution in [0.5, 0.6) is 0 Å². The van der Waals surface area contributed by atoms with Crippen LogP contribution in [0.25, 0.3) is 0 Å². The normalized spacial score (nSPS) is 14.3. The number of nitrogens with zero attached hydrogens (tertiary/aromatic N) is 1. The summed E-state index contributed by atoms with van der Waals surface area (Å²) in [4.78, 5) is 35.4. The largest absolute Gasteiger partial charge is 0.397 e. The van der Waals surface area contributed by atoms with Gasteiger partial charge in [-0.05, 0) is 18.2 Å². The fourth-order valence-electron chi connectivity index (χ4n) is 1.74. The van der Waals surface area contributed by atoms with E-state index in [-0.39, 0.29) is 31.3 Å². The van der Waals surface area contributed by atoms with Gasteiger partial charge >= 0.3 is 6.03 Å². The van der Waals surface area contributed by atoms with Crippen LogP contribution in [-0.4, -0.2) is 35.8 Å². The molecule has 1 aromatic rings. The lowest BCUT2D eigenvalue weighted by atomic mass is 10.2. The molecule has 4 amide bonds. The highest BCUT2D eigenvalue weighted by Crippen LogP contribution is 2.22. The van der Waals surface area contributed by atoms with Crippen molar-refractivity contribution in [1.29, 1.82) is 0 Å². The van der Waals surface area contributed by atoms with E-state index in [4.69, 9.17) is 17.3 Å². The summed E-state index contributed by atoms with van der Waals surface area (Å²) in [6, 6.07) is 4.24. The van der Waals surface area contributed by atoms with Crippen molar-refractivity contribution in [2.75, 3.05) is 24.1 Å². The Morgan fingerprint density at radius 2 is 2.20 bits per heavy atom. The van der Waals surface area contributed by atoms with Gasteiger partial charge in [-0.1, -0.05) is 11.6 Å². The van der Waals surface area contributed by atoms with Crippen molar-refractivity contribution >= 4 is 40.8 Å². The molecule has 0 radical (unpaired) electrons. The van der Waals surface area contributed by atoms with Gasteiger partial charge in [-0.15, -0.1) is 0 Å². The molecule has 8 heteroatoms. The predicted octanol–water partition coefficient (Wildman–Crippen LogP) is 0.803. The van der Waals surface area contributed by atoms with Gasteiger partial charge in [-0.25, -0.2) is 4.79 Å². The molecule has 2 rings (SSSR count). The number of anilines is 2. The van der Waals surface area contributed by atoms with Crippen molar-refractivity contribution in [2.45, 2.75) is 6.42 Å². The highest BCUT2D eigenvalue weighted by molar-refractivity contribution is 6.31. The number of nitrogens with one attached hydrogen (secondary N) is 2. The average Bonchev–Trinajstić information content (AvgIpc) is 2.71. The Bertz CT molecular complexity index is 560. The number of urea groups is 1. The predicted molar refractivity (Wildman–Crippen MR) is 74.2 cm³/mol. The molecule has 0 saturated carbocycles. The molecule has 1 fully saturated rings. The van der Waals surface area contributed by atoms with E-state index in [0.29, 0.717) is 16.4 Å². The zero-order valence-corrected chi connectivity index (χ0v) is 11.2. The van der Waals surface area contributed by atoms with Crippen LogP contribution in [0, 0.1) is 0 Å². The number of hydrogen-bond acceptors (Lipinski definition) is 4. The standard InChI is InChI=1S/C12H13ClN4O3/c13-7-1-2-8(14)9(5-7)16-10(18)3-4-17-11(19)6-15-12(17)20/h1-2,5H,3-4,6,14H2,(H,15,20)(H,16,18). The third kappa shape index (κ3) is 3.18. The smallest absolute Gasteiger partial charge is 0.324 e. The van der Waals surface area contributed by atoms with Crippen LogP contribution in [0.1, 0.15) is 6.42 Å². The quantitative estimate of drug-likeness (QED) is 0.564. The van der Waals surface area contributed by atoms with Crippen LogP contribution in [0.3, 0.4) is 0 Å². The topological polar surface area (TPSA) is 105 Å². The van der Waals surface area contributed by atoms with Crippen LogP contribution in [0.4, 0.5) is 16.2 Å². The number of carbonyl (C=O) groups excluding carboxylic acids is 3. The van der Waals surface area contributed by atoms with Crippen molar-refractivity contribution in [3.8, 4) is 0 Å². The summed E-state index contributed by atoms with van der Waals surface area (Å²) < 4.78 is 0. The zero-order valence-electron chi connectivity index (χ0n) is 10.5. The summed E-state index contributed by atoms with van der Waals surface area (Å²) in [5.74, 6) is -0.698.